The number of nitrogens with one attached hydrogen (secondary N) is 1. The number of carbonyl (C=O) groups is 2. The lowest BCUT2D eigenvalue weighted by atomic mass is 10.1. The molecule has 0 aliphatic rings. The van der Waals surface area contributed by atoms with E-state index in [1.807, 2.05) is 44.2 Å². The molecule has 122 valence electrons. The van der Waals surface area contributed by atoms with Crippen LogP contribution in [0.2, 0.25) is 0 Å². The van der Waals surface area contributed by atoms with Crippen molar-refractivity contribution in [1.29, 1.82) is 0 Å². The van der Waals surface area contributed by atoms with Gasteiger partial charge in [0.1, 0.15) is 18.2 Å². The van der Waals surface area contributed by atoms with Crippen molar-refractivity contribution < 1.29 is 19.1 Å². The Morgan fingerprint density at radius 1 is 1.14 bits per heavy atom. The van der Waals surface area contributed by atoms with Gasteiger partial charge in [0.15, 0.2) is 0 Å². The van der Waals surface area contributed by atoms with Crippen LogP contribution in [0, 0.1) is 5.92 Å². The Hall–Kier alpha value is -2.04. The van der Waals surface area contributed by atoms with Crippen molar-refractivity contribution in [3.8, 4) is 0 Å². The first kappa shape index (κ1) is 18.0. The first-order chi connectivity index (χ1) is 10.2. The van der Waals surface area contributed by atoms with Gasteiger partial charge in [-0.3, -0.25) is 0 Å². The summed E-state index contributed by atoms with van der Waals surface area (Å²) in [5.74, 6) is -0.569. The number of benzene rings is 1. The Bertz CT molecular complexity index is 491. The predicted octanol–water partition coefficient (Wildman–Crippen LogP) is 3.28. The van der Waals surface area contributed by atoms with Gasteiger partial charge in [0.2, 0.25) is 0 Å². The second-order valence-corrected chi connectivity index (χ2v) is 6.46. The summed E-state index contributed by atoms with van der Waals surface area (Å²) in [7, 11) is 0. The summed E-state index contributed by atoms with van der Waals surface area (Å²) >= 11 is 0. The zero-order valence-electron chi connectivity index (χ0n) is 13.9. The smallest absolute Gasteiger partial charge is 0.408 e. The second kappa shape index (κ2) is 7.82. The molecule has 0 aromatic heterocycles. The fraction of sp³-hybridized carbons (Fsp3) is 0.529. The molecule has 5 nitrogen and oxygen atoms in total. The summed E-state index contributed by atoms with van der Waals surface area (Å²) in [5.41, 5.74) is 0.287. The number of amides is 1. The highest BCUT2D eigenvalue weighted by atomic mass is 16.6. The van der Waals surface area contributed by atoms with E-state index in [-0.39, 0.29) is 12.5 Å². The topological polar surface area (TPSA) is 64.6 Å². The number of alkyl carbamates (subject to hydrolysis) is 1. The lowest BCUT2D eigenvalue weighted by Crippen LogP contribution is -2.47. The van der Waals surface area contributed by atoms with Crippen molar-refractivity contribution in [2.75, 3.05) is 0 Å². The summed E-state index contributed by atoms with van der Waals surface area (Å²) in [6.45, 7) is 9.16. The minimum atomic E-state index is -0.737. The maximum atomic E-state index is 12.2. The SMILES string of the molecule is CC(C)C(NC(=O)OC(C)(C)C)C(=O)OCc1ccccc1. The normalized spacial score (nSPS) is 12.6. The molecule has 1 rings (SSSR count). The van der Waals surface area contributed by atoms with Crippen LogP contribution in [0.1, 0.15) is 40.2 Å². The van der Waals surface area contributed by atoms with E-state index in [0.717, 1.165) is 5.56 Å². The summed E-state index contributed by atoms with van der Waals surface area (Å²) in [4.78, 5) is 24.0. The lowest BCUT2D eigenvalue weighted by molar-refractivity contribution is -0.148. The summed E-state index contributed by atoms with van der Waals surface area (Å²) in [5, 5.41) is 2.57. The molecule has 0 radical (unpaired) electrons. The highest BCUT2D eigenvalue weighted by Gasteiger charge is 2.28. The predicted molar refractivity (Wildman–Crippen MR) is 84.2 cm³/mol. The minimum absolute atomic E-state index is 0.101. The van der Waals surface area contributed by atoms with Gasteiger partial charge in [-0.1, -0.05) is 44.2 Å². The van der Waals surface area contributed by atoms with Crippen molar-refractivity contribution in [2.45, 2.75) is 52.9 Å². The first-order valence-corrected chi connectivity index (χ1v) is 7.39. The standard InChI is InChI=1S/C17H25NO4/c1-12(2)14(18-16(20)22-17(3,4)5)15(19)21-11-13-9-7-6-8-10-13/h6-10,12,14H,11H2,1-5H3,(H,18,20). The molecule has 1 atom stereocenters. The average Bonchev–Trinajstić information content (AvgIpc) is 2.41. The van der Waals surface area contributed by atoms with Crippen molar-refractivity contribution in [2.24, 2.45) is 5.92 Å². The van der Waals surface area contributed by atoms with Crippen LogP contribution in [0.15, 0.2) is 30.3 Å². The molecule has 1 aromatic carbocycles. The Kier molecular flexibility index (Phi) is 6.40. The molecule has 1 N–H and O–H groups in total. The largest absolute Gasteiger partial charge is 0.459 e. The van der Waals surface area contributed by atoms with Crippen LogP contribution in [0.5, 0.6) is 0 Å². The number of ether oxygens (including phenoxy) is 2. The van der Waals surface area contributed by atoms with Gasteiger partial charge < -0.3 is 14.8 Å². The third kappa shape index (κ3) is 6.61. The molecule has 0 aliphatic carbocycles. The zero-order valence-corrected chi connectivity index (χ0v) is 13.9. The van der Waals surface area contributed by atoms with Gasteiger partial charge in [-0.05, 0) is 32.3 Å². The lowest BCUT2D eigenvalue weighted by Gasteiger charge is -2.24. The van der Waals surface area contributed by atoms with E-state index in [4.69, 9.17) is 9.47 Å². The molecule has 0 heterocycles. The highest BCUT2D eigenvalue weighted by molar-refractivity contribution is 5.81. The molecular weight excluding hydrogens is 282 g/mol. The molecule has 1 unspecified atom stereocenters. The van der Waals surface area contributed by atoms with Crippen LogP contribution >= 0.6 is 0 Å². The summed E-state index contributed by atoms with van der Waals surface area (Å²) in [6.07, 6.45) is -0.622. The molecule has 0 aliphatic heterocycles. The molecule has 1 aromatic rings. The van der Waals surface area contributed by atoms with Crippen LogP contribution in [-0.2, 0) is 20.9 Å². The number of esters is 1. The van der Waals surface area contributed by atoms with Gasteiger partial charge in [0.25, 0.3) is 0 Å². The third-order valence-electron chi connectivity index (χ3n) is 2.82. The molecule has 0 bridgehead atoms. The van der Waals surface area contributed by atoms with Gasteiger partial charge in [-0.15, -0.1) is 0 Å². The molecular formula is C17H25NO4. The number of hydrogen-bond donors (Lipinski definition) is 1. The first-order valence-electron chi connectivity index (χ1n) is 7.39. The molecule has 5 heteroatoms. The number of carbonyl (C=O) groups excluding carboxylic acids is 2. The average molecular weight is 307 g/mol. The third-order valence-corrected chi connectivity index (χ3v) is 2.82. The molecule has 22 heavy (non-hydrogen) atoms. The van der Waals surface area contributed by atoms with Crippen molar-refractivity contribution in [3.63, 3.8) is 0 Å². The molecule has 0 saturated heterocycles. The van der Waals surface area contributed by atoms with Crippen LogP contribution in [-0.4, -0.2) is 23.7 Å². The van der Waals surface area contributed by atoms with Crippen LogP contribution in [0.25, 0.3) is 0 Å². The van der Waals surface area contributed by atoms with E-state index in [0.29, 0.717) is 0 Å². The van der Waals surface area contributed by atoms with Crippen LogP contribution in [0.4, 0.5) is 4.79 Å². The van der Waals surface area contributed by atoms with Gasteiger partial charge in [0.05, 0.1) is 0 Å². The molecule has 0 fully saturated rings. The fourth-order valence-electron chi connectivity index (χ4n) is 1.75. The Morgan fingerprint density at radius 2 is 1.73 bits per heavy atom. The Morgan fingerprint density at radius 3 is 2.23 bits per heavy atom. The van der Waals surface area contributed by atoms with Gasteiger partial charge in [-0.2, -0.15) is 0 Å². The maximum absolute atomic E-state index is 12.2. The Balaban J connectivity index is 2.58. The van der Waals surface area contributed by atoms with Crippen LogP contribution in [0.3, 0.4) is 0 Å². The van der Waals surface area contributed by atoms with Gasteiger partial charge >= 0.3 is 12.1 Å². The Labute approximate surface area is 132 Å². The van der Waals surface area contributed by atoms with E-state index in [1.54, 1.807) is 20.8 Å². The zero-order chi connectivity index (χ0) is 16.8. The van der Waals surface area contributed by atoms with E-state index in [9.17, 15) is 9.59 Å². The summed E-state index contributed by atoms with van der Waals surface area (Å²) < 4.78 is 10.4. The number of hydrogen-bond acceptors (Lipinski definition) is 4. The molecule has 1 amide bonds. The monoisotopic (exact) mass is 307 g/mol. The van der Waals surface area contributed by atoms with Crippen LogP contribution < -0.4 is 5.32 Å². The van der Waals surface area contributed by atoms with E-state index < -0.39 is 23.7 Å². The number of rotatable bonds is 5. The van der Waals surface area contributed by atoms with Crippen molar-refractivity contribution in [3.05, 3.63) is 35.9 Å². The van der Waals surface area contributed by atoms with E-state index in [1.165, 1.54) is 0 Å². The molecule has 0 spiro atoms. The minimum Gasteiger partial charge on any atom is -0.459 e. The maximum Gasteiger partial charge on any atom is 0.408 e. The second-order valence-electron chi connectivity index (χ2n) is 6.46. The van der Waals surface area contributed by atoms with Crippen molar-refractivity contribution >= 4 is 12.1 Å². The van der Waals surface area contributed by atoms with E-state index >= 15 is 0 Å². The van der Waals surface area contributed by atoms with Gasteiger partial charge in [-0.25, -0.2) is 9.59 Å². The van der Waals surface area contributed by atoms with E-state index in [2.05, 4.69) is 5.32 Å². The quantitative estimate of drug-likeness (QED) is 0.848. The van der Waals surface area contributed by atoms with Crippen molar-refractivity contribution in [1.82, 2.24) is 5.32 Å². The molecule has 0 saturated carbocycles. The fourth-order valence-corrected chi connectivity index (χ4v) is 1.75. The summed E-state index contributed by atoms with van der Waals surface area (Å²) in [6, 6.07) is 8.66. The van der Waals surface area contributed by atoms with Gasteiger partial charge in [0, 0.05) is 0 Å². The highest BCUT2D eigenvalue weighted by Crippen LogP contribution is 2.10.